The highest BCUT2D eigenvalue weighted by Crippen LogP contribution is 2.26. The van der Waals surface area contributed by atoms with E-state index in [-0.39, 0.29) is 24.3 Å². The summed E-state index contributed by atoms with van der Waals surface area (Å²) in [5.74, 6) is -0.616. The SMILES string of the molecule is CNC(=O)[C@@](C)(CCn1cnc2cc(-c3ccc(OC(F)F)cc3)ccc2c1=O)S(C)(=O)=O. The van der Waals surface area contributed by atoms with Gasteiger partial charge in [-0.3, -0.25) is 14.2 Å². The molecule has 1 aromatic heterocycles. The molecule has 3 rings (SSSR count). The quantitative estimate of drug-likeness (QED) is 0.532. The highest BCUT2D eigenvalue weighted by molar-refractivity contribution is 7.92. The van der Waals surface area contributed by atoms with E-state index in [0.717, 1.165) is 17.4 Å². The second kappa shape index (κ2) is 9.26. The van der Waals surface area contributed by atoms with Gasteiger partial charge in [0, 0.05) is 19.8 Å². The van der Waals surface area contributed by atoms with Crippen LogP contribution >= 0.6 is 0 Å². The first-order valence-electron chi connectivity index (χ1n) is 9.92. The number of carbonyl (C=O) groups excluding carboxylic acids is 1. The number of aromatic nitrogens is 2. The Morgan fingerprint density at radius 3 is 2.39 bits per heavy atom. The monoisotopic (exact) mass is 479 g/mol. The third kappa shape index (κ3) is 5.03. The summed E-state index contributed by atoms with van der Waals surface area (Å²) < 4.78 is 53.0. The number of hydrogen-bond acceptors (Lipinski definition) is 6. The van der Waals surface area contributed by atoms with Crippen LogP contribution in [0, 0.1) is 0 Å². The van der Waals surface area contributed by atoms with Gasteiger partial charge in [0.05, 0.1) is 17.2 Å². The minimum absolute atomic E-state index is 0.0217. The largest absolute Gasteiger partial charge is 0.435 e. The fourth-order valence-electron chi connectivity index (χ4n) is 3.39. The smallest absolute Gasteiger partial charge is 0.387 e. The molecule has 8 nitrogen and oxygen atoms in total. The zero-order valence-corrected chi connectivity index (χ0v) is 19.0. The first-order chi connectivity index (χ1) is 15.5. The van der Waals surface area contributed by atoms with Crippen molar-refractivity contribution < 1.29 is 26.7 Å². The molecule has 3 aromatic rings. The molecule has 1 heterocycles. The summed E-state index contributed by atoms with van der Waals surface area (Å²) in [5, 5.41) is 2.68. The summed E-state index contributed by atoms with van der Waals surface area (Å²) in [6.45, 7) is -1.61. The summed E-state index contributed by atoms with van der Waals surface area (Å²) in [5.41, 5.74) is 1.48. The van der Waals surface area contributed by atoms with Crippen LogP contribution in [0.5, 0.6) is 5.75 Å². The number of fused-ring (bicyclic) bond motifs is 1. The number of hydrogen-bond donors (Lipinski definition) is 1. The Morgan fingerprint density at radius 1 is 1.18 bits per heavy atom. The molecular formula is C22H23F2N3O5S. The van der Waals surface area contributed by atoms with E-state index in [0.29, 0.717) is 10.9 Å². The van der Waals surface area contributed by atoms with Crippen LogP contribution in [-0.2, 0) is 21.2 Å². The second-order valence-electron chi connectivity index (χ2n) is 7.71. The zero-order valence-electron chi connectivity index (χ0n) is 18.2. The zero-order chi connectivity index (χ0) is 24.4. The van der Waals surface area contributed by atoms with Gasteiger partial charge < -0.3 is 10.1 Å². The summed E-state index contributed by atoms with van der Waals surface area (Å²) in [6, 6.07) is 11.0. The van der Waals surface area contributed by atoms with Crippen LogP contribution in [-0.4, -0.2) is 48.5 Å². The van der Waals surface area contributed by atoms with Gasteiger partial charge >= 0.3 is 6.61 Å². The van der Waals surface area contributed by atoms with E-state index in [1.165, 1.54) is 37.0 Å². The average Bonchev–Trinajstić information content (AvgIpc) is 2.77. The lowest BCUT2D eigenvalue weighted by atomic mass is 10.0. The highest BCUT2D eigenvalue weighted by Gasteiger charge is 2.42. The molecule has 0 radical (unpaired) electrons. The highest BCUT2D eigenvalue weighted by atomic mass is 32.2. The van der Waals surface area contributed by atoms with E-state index in [2.05, 4.69) is 15.0 Å². The fraction of sp³-hybridized carbons (Fsp3) is 0.318. The molecule has 1 atom stereocenters. The van der Waals surface area contributed by atoms with Crippen molar-refractivity contribution in [1.82, 2.24) is 14.9 Å². The van der Waals surface area contributed by atoms with Crippen molar-refractivity contribution in [3.63, 3.8) is 0 Å². The minimum Gasteiger partial charge on any atom is -0.435 e. The Balaban J connectivity index is 1.88. The first-order valence-corrected chi connectivity index (χ1v) is 11.8. The van der Waals surface area contributed by atoms with E-state index >= 15 is 0 Å². The number of alkyl halides is 2. The van der Waals surface area contributed by atoms with Gasteiger partial charge in [-0.05, 0) is 48.7 Å². The topological polar surface area (TPSA) is 107 Å². The standard InChI is InChI=1S/C22H23F2N3O5S/c1-22(20(29)25-2,33(3,30)31)10-11-27-13-26-18-12-15(6-9-17(18)19(27)28)14-4-7-16(8-5-14)32-21(23)24/h4-9,12-13,21H,10-11H2,1-3H3,(H,25,29)/t22-/m1/s1. The van der Waals surface area contributed by atoms with Gasteiger partial charge in [-0.15, -0.1) is 0 Å². The molecule has 0 saturated carbocycles. The van der Waals surface area contributed by atoms with Crippen LogP contribution in [0.2, 0.25) is 0 Å². The van der Waals surface area contributed by atoms with Crippen LogP contribution in [0.4, 0.5) is 8.78 Å². The predicted octanol–water partition coefficient (Wildman–Crippen LogP) is 2.60. The maximum atomic E-state index is 12.9. The van der Waals surface area contributed by atoms with Crippen molar-refractivity contribution in [2.45, 2.75) is 31.2 Å². The normalized spacial score (nSPS) is 13.6. The molecule has 176 valence electrons. The van der Waals surface area contributed by atoms with Gasteiger partial charge in [0.15, 0.2) is 9.84 Å². The summed E-state index contributed by atoms with van der Waals surface area (Å²) in [7, 11) is -2.39. The number of ether oxygens (including phenoxy) is 1. The van der Waals surface area contributed by atoms with Gasteiger partial charge in [0.1, 0.15) is 10.5 Å². The van der Waals surface area contributed by atoms with Crippen molar-refractivity contribution in [2.24, 2.45) is 0 Å². The molecule has 0 bridgehead atoms. The van der Waals surface area contributed by atoms with Crippen molar-refractivity contribution in [3.05, 3.63) is 59.1 Å². The van der Waals surface area contributed by atoms with E-state index in [9.17, 15) is 26.8 Å². The molecule has 0 aliphatic carbocycles. The molecular weight excluding hydrogens is 456 g/mol. The fourth-order valence-corrected chi connectivity index (χ4v) is 4.29. The molecule has 33 heavy (non-hydrogen) atoms. The first kappa shape index (κ1) is 24.3. The summed E-state index contributed by atoms with van der Waals surface area (Å²) in [4.78, 5) is 29.4. The van der Waals surface area contributed by atoms with Crippen LogP contribution in [0.15, 0.2) is 53.6 Å². The van der Waals surface area contributed by atoms with Crippen LogP contribution < -0.4 is 15.6 Å². The van der Waals surface area contributed by atoms with Crippen LogP contribution in [0.3, 0.4) is 0 Å². The second-order valence-corrected chi connectivity index (χ2v) is 10.2. The molecule has 0 saturated heterocycles. The number of nitrogens with zero attached hydrogens (tertiary/aromatic N) is 2. The molecule has 1 amide bonds. The van der Waals surface area contributed by atoms with Crippen molar-refractivity contribution >= 4 is 26.6 Å². The molecule has 0 aliphatic heterocycles. The van der Waals surface area contributed by atoms with Crippen molar-refractivity contribution in [3.8, 4) is 16.9 Å². The Hall–Kier alpha value is -3.34. The third-order valence-electron chi connectivity index (χ3n) is 5.59. The van der Waals surface area contributed by atoms with Crippen LogP contribution in [0.25, 0.3) is 22.0 Å². The molecule has 0 aliphatic rings. The molecule has 0 spiro atoms. The number of amides is 1. The maximum absolute atomic E-state index is 12.9. The van der Waals surface area contributed by atoms with Gasteiger partial charge in [-0.1, -0.05) is 18.2 Å². The predicted molar refractivity (Wildman–Crippen MR) is 120 cm³/mol. The number of carbonyl (C=O) groups is 1. The lowest BCUT2D eigenvalue weighted by molar-refractivity contribution is -0.123. The number of nitrogens with one attached hydrogen (secondary N) is 1. The van der Waals surface area contributed by atoms with Crippen LogP contribution in [0.1, 0.15) is 13.3 Å². The van der Waals surface area contributed by atoms with Crippen molar-refractivity contribution in [1.29, 1.82) is 0 Å². The Labute approximate surface area is 189 Å². The van der Waals surface area contributed by atoms with Gasteiger partial charge in [0.2, 0.25) is 5.91 Å². The third-order valence-corrected chi connectivity index (χ3v) is 7.62. The van der Waals surface area contributed by atoms with Crippen molar-refractivity contribution in [2.75, 3.05) is 13.3 Å². The van der Waals surface area contributed by atoms with E-state index in [4.69, 9.17) is 0 Å². The number of sulfone groups is 1. The maximum Gasteiger partial charge on any atom is 0.387 e. The molecule has 11 heteroatoms. The minimum atomic E-state index is -3.75. The van der Waals surface area contributed by atoms with E-state index in [1.807, 2.05) is 0 Å². The van der Waals surface area contributed by atoms with E-state index in [1.54, 1.807) is 30.3 Å². The number of benzene rings is 2. The number of aryl methyl sites for hydroxylation is 1. The lowest BCUT2D eigenvalue weighted by Gasteiger charge is -2.25. The molecule has 2 aromatic carbocycles. The lowest BCUT2D eigenvalue weighted by Crippen LogP contribution is -2.49. The summed E-state index contributed by atoms with van der Waals surface area (Å²) >= 11 is 0. The molecule has 0 unspecified atom stereocenters. The van der Waals surface area contributed by atoms with Gasteiger partial charge in [-0.25, -0.2) is 13.4 Å². The van der Waals surface area contributed by atoms with Gasteiger partial charge in [0.25, 0.3) is 5.56 Å². The average molecular weight is 480 g/mol. The Kier molecular flexibility index (Phi) is 6.82. The van der Waals surface area contributed by atoms with E-state index < -0.39 is 27.1 Å². The Bertz CT molecular complexity index is 1340. The molecule has 1 N–H and O–H groups in total. The summed E-state index contributed by atoms with van der Waals surface area (Å²) in [6.07, 6.45) is 2.18. The Morgan fingerprint density at radius 2 is 1.82 bits per heavy atom. The molecule has 0 fully saturated rings. The number of halogens is 2. The van der Waals surface area contributed by atoms with Gasteiger partial charge in [-0.2, -0.15) is 8.78 Å². The number of rotatable bonds is 8.